The van der Waals surface area contributed by atoms with Crippen LogP contribution in [-0.4, -0.2) is 41.7 Å². The van der Waals surface area contributed by atoms with Gasteiger partial charge in [-0.05, 0) is 48.1 Å². The van der Waals surface area contributed by atoms with Crippen molar-refractivity contribution in [3.8, 4) is 0 Å². The first-order valence-electron chi connectivity index (χ1n) is 9.65. The summed E-state index contributed by atoms with van der Waals surface area (Å²) in [7, 11) is 0. The van der Waals surface area contributed by atoms with Gasteiger partial charge in [0.25, 0.3) is 0 Å². The van der Waals surface area contributed by atoms with Crippen molar-refractivity contribution >= 4 is 12.0 Å². The van der Waals surface area contributed by atoms with Gasteiger partial charge in [0.15, 0.2) is 0 Å². The van der Waals surface area contributed by atoms with Gasteiger partial charge in [0.05, 0.1) is 17.8 Å². The molecule has 0 radical (unpaired) electrons. The van der Waals surface area contributed by atoms with E-state index in [1.54, 1.807) is 24.3 Å². The van der Waals surface area contributed by atoms with Crippen LogP contribution in [0.5, 0.6) is 0 Å². The summed E-state index contributed by atoms with van der Waals surface area (Å²) in [5, 5.41) is 11.9. The number of nitrogens with one attached hydrogen (secondary N) is 1. The molecule has 2 N–H and O–H groups in total. The summed E-state index contributed by atoms with van der Waals surface area (Å²) in [4.78, 5) is 25.3. The molecule has 1 spiro atoms. The van der Waals surface area contributed by atoms with Gasteiger partial charge in [-0.25, -0.2) is 9.59 Å². The van der Waals surface area contributed by atoms with Gasteiger partial charge in [0.1, 0.15) is 0 Å². The average molecular weight is 380 g/mol. The standard InChI is InChI=1S/C22H24N2O4/c25-20(26)18-7-5-16(6-8-18)15-23-21(27)24-12-10-22(11-13-24)19-4-2-1-3-17(19)9-14-28-22/h1-8H,9-15H2,(H,23,27)(H,25,26). The predicted octanol–water partition coefficient (Wildman–Crippen LogP) is 3.16. The first-order valence-corrected chi connectivity index (χ1v) is 9.65. The number of benzene rings is 2. The Labute approximate surface area is 164 Å². The van der Waals surface area contributed by atoms with Crippen LogP contribution >= 0.6 is 0 Å². The zero-order valence-electron chi connectivity index (χ0n) is 15.7. The van der Waals surface area contributed by atoms with Crippen LogP contribution in [0.4, 0.5) is 4.79 Å². The fourth-order valence-electron chi connectivity index (χ4n) is 4.16. The van der Waals surface area contributed by atoms with Crippen molar-refractivity contribution in [3.05, 3.63) is 70.8 Å². The number of carbonyl (C=O) groups is 2. The molecule has 2 aromatic rings. The van der Waals surface area contributed by atoms with Crippen molar-refractivity contribution in [2.75, 3.05) is 19.7 Å². The number of piperidine rings is 1. The number of carbonyl (C=O) groups excluding carboxylic acids is 1. The zero-order valence-corrected chi connectivity index (χ0v) is 15.7. The number of carboxylic acid groups (broad SMARTS) is 1. The minimum Gasteiger partial charge on any atom is -0.478 e. The Bertz CT molecular complexity index is 870. The van der Waals surface area contributed by atoms with Crippen molar-refractivity contribution in [2.45, 2.75) is 31.4 Å². The summed E-state index contributed by atoms with van der Waals surface area (Å²) in [6.45, 7) is 2.41. The summed E-state index contributed by atoms with van der Waals surface area (Å²) in [5.74, 6) is -0.954. The maximum atomic E-state index is 12.5. The van der Waals surface area contributed by atoms with Crippen LogP contribution in [0, 0.1) is 0 Å². The Kier molecular flexibility index (Phi) is 5.05. The molecule has 0 unspecified atom stereocenters. The number of carboxylic acids is 1. The highest BCUT2D eigenvalue weighted by molar-refractivity contribution is 5.87. The average Bonchev–Trinajstić information content (AvgIpc) is 2.73. The summed E-state index contributed by atoms with van der Waals surface area (Å²) in [6.07, 6.45) is 2.54. The lowest BCUT2D eigenvalue weighted by Crippen LogP contribution is -2.50. The lowest BCUT2D eigenvalue weighted by molar-refractivity contribution is -0.0925. The van der Waals surface area contributed by atoms with Gasteiger partial charge < -0.3 is 20.1 Å². The molecular formula is C22H24N2O4. The minimum atomic E-state index is -0.954. The molecule has 0 aromatic heterocycles. The number of ether oxygens (including phenoxy) is 1. The number of fused-ring (bicyclic) bond motifs is 2. The molecule has 2 aliphatic rings. The third kappa shape index (κ3) is 3.60. The van der Waals surface area contributed by atoms with E-state index in [2.05, 4.69) is 29.6 Å². The smallest absolute Gasteiger partial charge is 0.335 e. The number of amides is 2. The second-order valence-corrected chi connectivity index (χ2v) is 7.40. The van der Waals surface area contributed by atoms with Crippen LogP contribution in [0.2, 0.25) is 0 Å². The molecule has 146 valence electrons. The SMILES string of the molecule is O=C(O)c1ccc(CNC(=O)N2CCC3(CC2)OCCc2ccccc23)cc1. The zero-order chi connectivity index (χ0) is 19.6. The molecule has 2 heterocycles. The summed E-state index contributed by atoms with van der Waals surface area (Å²) in [5.41, 5.74) is 3.48. The van der Waals surface area contributed by atoms with Crippen molar-refractivity contribution in [1.82, 2.24) is 10.2 Å². The summed E-state index contributed by atoms with van der Waals surface area (Å²) >= 11 is 0. The monoisotopic (exact) mass is 380 g/mol. The van der Waals surface area contributed by atoms with E-state index in [1.165, 1.54) is 11.1 Å². The highest BCUT2D eigenvalue weighted by Crippen LogP contribution is 2.41. The Morgan fingerprint density at radius 3 is 2.50 bits per heavy atom. The molecule has 2 amide bonds. The van der Waals surface area contributed by atoms with Gasteiger partial charge in [-0.1, -0.05) is 36.4 Å². The molecule has 6 heteroatoms. The Balaban J connectivity index is 1.34. The van der Waals surface area contributed by atoms with Crippen LogP contribution in [-0.2, 0) is 23.3 Å². The van der Waals surface area contributed by atoms with Crippen molar-refractivity contribution in [2.24, 2.45) is 0 Å². The van der Waals surface area contributed by atoms with Crippen molar-refractivity contribution in [3.63, 3.8) is 0 Å². The minimum absolute atomic E-state index is 0.0961. The van der Waals surface area contributed by atoms with E-state index in [0.29, 0.717) is 19.6 Å². The molecule has 0 atom stereocenters. The molecule has 28 heavy (non-hydrogen) atoms. The van der Waals surface area contributed by atoms with E-state index >= 15 is 0 Å². The highest BCUT2D eigenvalue weighted by Gasteiger charge is 2.41. The van der Waals surface area contributed by atoms with E-state index in [1.807, 2.05) is 4.90 Å². The van der Waals surface area contributed by atoms with Crippen LogP contribution in [0.3, 0.4) is 0 Å². The first-order chi connectivity index (χ1) is 13.6. The van der Waals surface area contributed by atoms with E-state index in [0.717, 1.165) is 31.4 Å². The topological polar surface area (TPSA) is 78.9 Å². The fourth-order valence-corrected chi connectivity index (χ4v) is 4.16. The third-order valence-corrected chi connectivity index (χ3v) is 5.76. The number of urea groups is 1. The Morgan fingerprint density at radius 1 is 1.07 bits per heavy atom. The van der Waals surface area contributed by atoms with Gasteiger partial charge in [-0.3, -0.25) is 0 Å². The second-order valence-electron chi connectivity index (χ2n) is 7.40. The summed E-state index contributed by atoms with van der Waals surface area (Å²) in [6, 6.07) is 14.9. The maximum absolute atomic E-state index is 12.5. The number of aromatic carboxylic acids is 1. The molecule has 1 fully saturated rings. The molecule has 4 rings (SSSR count). The van der Waals surface area contributed by atoms with Gasteiger partial charge in [0, 0.05) is 19.6 Å². The molecule has 6 nitrogen and oxygen atoms in total. The molecule has 0 bridgehead atoms. The van der Waals surface area contributed by atoms with Crippen LogP contribution in [0.1, 0.15) is 39.9 Å². The fraction of sp³-hybridized carbons (Fsp3) is 0.364. The predicted molar refractivity (Wildman–Crippen MR) is 104 cm³/mol. The third-order valence-electron chi connectivity index (χ3n) is 5.76. The number of hydrogen-bond donors (Lipinski definition) is 2. The normalized spacial score (nSPS) is 17.8. The molecular weight excluding hydrogens is 356 g/mol. The number of hydrogen-bond acceptors (Lipinski definition) is 3. The van der Waals surface area contributed by atoms with Crippen molar-refractivity contribution in [1.29, 1.82) is 0 Å². The number of rotatable bonds is 3. The first kappa shape index (κ1) is 18.5. The molecule has 0 aliphatic carbocycles. The lowest BCUT2D eigenvalue weighted by Gasteiger charge is -2.45. The Hall–Kier alpha value is -2.86. The second kappa shape index (κ2) is 7.64. The van der Waals surface area contributed by atoms with E-state index in [9.17, 15) is 9.59 Å². The number of nitrogens with zero attached hydrogens (tertiary/aromatic N) is 1. The largest absolute Gasteiger partial charge is 0.478 e. The van der Waals surface area contributed by atoms with Gasteiger partial charge in [0.2, 0.25) is 0 Å². The quantitative estimate of drug-likeness (QED) is 0.857. The molecule has 1 saturated heterocycles. The van der Waals surface area contributed by atoms with Crippen LogP contribution in [0.15, 0.2) is 48.5 Å². The number of likely N-dealkylation sites (tertiary alicyclic amines) is 1. The van der Waals surface area contributed by atoms with Crippen LogP contribution in [0.25, 0.3) is 0 Å². The van der Waals surface area contributed by atoms with Gasteiger partial charge in [-0.15, -0.1) is 0 Å². The van der Waals surface area contributed by atoms with Crippen molar-refractivity contribution < 1.29 is 19.4 Å². The summed E-state index contributed by atoms with van der Waals surface area (Å²) < 4.78 is 6.21. The van der Waals surface area contributed by atoms with Gasteiger partial charge in [-0.2, -0.15) is 0 Å². The highest BCUT2D eigenvalue weighted by atomic mass is 16.5. The van der Waals surface area contributed by atoms with E-state index < -0.39 is 5.97 Å². The van der Waals surface area contributed by atoms with E-state index in [4.69, 9.17) is 9.84 Å². The molecule has 0 saturated carbocycles. The lowest BCUT2D eigenvalue weighted by atomic mass is 9.79. The molecule has 2 aliphatic heterocycles. The van der Waals surface area contributed by atoms with Crippen LogP contribution < -0.4 is 5.32 Å². The maximum Gasteiger partial charge on any atom is 0.335 e. The Morgan fingerprint density at radius 2 is 1.79 bits per heavy atom. The van der Waals surface area contributed by atoms with Gasteiger partial charge >= 0.3 is 12.0 Å². The van der Waals surface area contributed by atoms with E-state index in [-0.39, 0.29) is 17.2 Å². The molecule has 2 aromatic carbocycles.